The lowest BCUT2D eigenvalue weighted by molar-refractivity contribution is -0.135. The lowest BCUT2D eigenvalue weighted by Gasteiger charge is -2.18. The molecule has 0 atom stereocenters. The summed E-state index contributed by atoms with van der Waals surface area (Å²) < 4.78 is 6.75. The molecule has 0 unspecified atom stereocenters. The summed E-state index contributed by atoms with van der Waals surface area (Å²) in [5.41, 5.74) is 3.95. The van der Waals surface area contributed by atoms with Crippen LogP contribution in [0.15, 0.2) is 35.2 Å². The Labute approximate surface area is 196 Å². The van der Waals surface area contributed by atoms with Gasteiger partial charge in [-0.25, -0.2) is 4.79 Å². The van der Waals surface area contributed by atoms with Crippen LogP contribution in [0.5, 0.6) is 0 Å². The van der Waals surface area contributed by atoms with Gasteiger partial charge in [0.2, 0.25) is 5.91 Å². The van der Waals surface area contributed by atoms with Gasteiger partial charge in [-0.05, 0) is 80.4 Å². The molecule has 0 bridgehead atoms. The predicted octanol–water partition coefficient (Wildman–Crippen LogP) is 3.54. The van der Waals surface area contributed by atoms with Crippen LogP contribution in [0, 0.1) is 13.8 Å². The number of aryl methyl sites for hydroxylation is 1. The SMILES string of the molecule is COC(=O)c1ccc(-n2c(C)cc(/C=C3/SC(=O)N(CC(=O)N4CCCC4)C3=O)c2C)cc1. The molecule has 2 aliphatic rings. The summed E-state index contributed by atoms with van der Waals surface area (Å²) >= 11 is 0.856. The molecule has 4 rings (SSSR count). The van der Waals surface area contributed by atoms with Gasteiger partial charge in [0, 0.05) is 30.2 Å². The van der Waals surface area contributed by atoms with E-state index in [-0.39, 0.29) is 12.5 Å². The number of benzene rings is 1. The molecule has 1 aromatic heterocycles. The van der Waals surface area contributed by atoms with Crippen molar-refractivity contribution < 1.29 is 23.9 Å². The van der Waals surface area contributed by atoms with Crippen LogP contribution in [0.3, 0.4) is 0 Å². The van der Waals surface area contributed by atoms with Gasteiger partial charge in [-0.15, -0.1) is 0 Å². The first-order valence-corrected chi connectivity index (χ1v) is 11.5. The van der Waals surface area contributed by atoms with Crippen LogP contribution in [0.1, 0.15) is 40.2 Å². The number of ether oxygens (including phenoxy) is 1. The lowest BCUT2D eigenvalue weighted by atomic mass is 10.2. The zero-order valence-corrected chi connectivity index (χ0v) is 19.6. The van der Waals surface area contributed by atoms with Gasteiger partial charge in [0.25, 0.3) is 11.1 Å². The number of aromatic nitrogens is 1. The summed E-state index contributed by atoms with van der Waals surface area (Å²) in [7, 11) is 1.34. The largest absolute Gasteiger partial charge is 0.465 e. The quantitative estimate of drug-likeness (QED) is 0.494. The molecule has 2 aromatic rings. The molecule has 0 saturated carbocycles. The molecule has 33 heavy (non-hydrogen) atoms. The molecule has 0 radical (unpaired) electrons. The van der Waals surface area contributed by atoms with Gasteiger partial charge in [-0.1, -0.05) is 0 Å². The Morgan fingerprint density at radius 3 is 2.39 bits per heavy atom. The van der Waals surface area contributed by atoms with Crippen molar-refractivity contribution in [2.75, 3.05) is 26.7 Å². The minimum Gasteiger partial charge on any atom is -0.465 e. The van der Waals surface area contributed by atoms with Gasteiger partial charge in [-0.3, -0.25) is 19.3 Å². The van der Waals surface area contributed by atoms with Crippen LogP contribution < -0.4 is 0 Å². The van der Waals surface area contributed by atoms with E-state index in [1.165, 1.54) is 7.11 Å². The van der Waals surface area contributed by atoms with Crippen molar-refractivity contribution in [2.45, 2.75) is 26.7 Å². The number of rotatable bonds is 5. The zero-order chi connectivity index (χ0) is 23.7. The Balaban J connectivity index is 1.56. The summed E-state index contributed by atoms with van der Waals surface area (Å²) in [6.07, 6.45) is 3.61. The van der Waals surface area contributed by atoms with Crippen molar-refractivity contribution in [3.05, 3.63) is 57.8 Å². The molecule has 2 fully saturated rings. The van der Waals surface area contributed by atoms with E-state index in [0.29, 0.717) is 23.6 Å². The number of nitrogens with zero attached hydrogens (tertiary/aromatic N) is 3. The van der Waals surface area contributed by atoms with Crippen LogP contribution in [0.4, 0.5) is 4.79 Å². The minimum absolute atomic E-state index is 0.190. The lowest BCUT2D eigenvalue weighted by Crippen LogP contribution is -2.40. The average molecular weight is 468 g/mol. The highest BCUT2D eigenvalue weighted by atomic mass is 32.2. The summed E-state index contributed by atoms with van der Waals surface area (Å²) in [6, 6.07) is 8.99. The Morgan fingerprint density at radius 2 is 1.76 bits per heavy atom. The van der Waals surface area contributed by atoms with E-state index in [9.17, 15) is 19.2 Å². The van der Waals surface area contributed by atoms with E-state index >= 15 is 0 Å². The number of hydrogen-bond donors (Lipinski definition) is 0. The normalized spacial score (nSPS) is 17.4. The van der Waals surface area contributed by atoms with Crippen LogP contribution in [-0.2, 0) is 14.3 Å². The highest BCUT2D eigenvalue weighted by Crippen LogP contribution is 2.34. The number of carbonyl (C=O) groups is 4. The topological polar surface area (TPSA) is 88.9 Å². The summed E-state index contributed by atoms with van der Waals surface area (Å²) in [6.45, 7) is 5.01. The third-order valence-electron chi connectivity index (χ3n) is 5.93. The molecule has 3 amide bonds. The minimum atomic E-state index is -0.440. The smallest absolute Gasteiger partial charge is 0.337 e. The van der Waals surface area contributed by atoms with E-state index in [0.717, 1.165) is 52.1 Å². The molecule has 2 aliphatic heterocycles. The van der Waals surface area contributed by atoms with Gasteiger partial charge in [0.1, 0.15) is 6.54 Å². The molecule has 0 spiro atoms. The Bertz CT molecular complexity index is 1160. The molecule has 9 heteroatoms. The maximum Gasteiger partial charge on any atom is 0.337 e. The number of imide groups is 1. The third kappa shape index (κ3) is 4.45. The fourth-order valence-corrected chi connectivity index (χ4v) is 5.00. The molecule has 1 aromatic carbocycles. The van der Waals surface area contributed by atoms with E-state index in [2.05, 4.69) is 0 Å². The highest BCUT2D eigenvalue weighted by Gasteiger charge is 2.37. The van der Waals surface area contributed by atoms with Crippen LogP contribution >= 0.6 is 11.8 Å². The molecule has 0 aliphatic carbocycles. The molecule has 8 nitrogen and oxygen atoms in total. The fraction of sp³-hybridized carbons (Fsp3) is 0.333. The molecule has 0 N–H and O–H groups in total. The van der Waals surface area contributed by atoms with Crippen LogP contribution in [0.2, 0.25) is 0 Å². The number of amides is 3. The number of carbonyl (C=O) groups excluding carboxylic acids is 4. The van der Waals surface area contributed by atoms with Crippen LogP contribution in [0.25, 0.3) is 11.8 Å². The third-order valence-corrected chi connectivity index (χ3v) is 6.84. The van der Waals surface area contributed by atoms with Gasteiger partial charge < -0.3 is 14.2 Å². The van der Waals surface area contributed by atoms with E-state index < -0.39 is 17.1 Å². The van der Waals surface area contributed by atoms with Gasteiger partial charge in [0.15, 0.2) is 0 Å². The van der Waals surface area contributed by atoms with Crippen molar-refractivity contribution in [1.82, 2.24) is 14.4 Å². The van der Waals surface area contributed by atoms with Crippen molar-refractivity contribution in [3.8, 4) is 5.69 Å². The predicted molar refractivity (Wildman–Crippen MR) is 125 cm³/mol. The Hall–Kier alpha value is -3.33. The molecule has 172 valence electrons. The van der Waals surface area contributed by atoms with Gasteiger partial charge in [0.05, 0.1) is 17.6 Å². The summed E-state index contributed by atoms with van der Waals surface area (Å²) in [5, 5.41) is -0.425. The van der Waals surface area contributed by atoms with Crippen LogP contribution in [-0.4, -0.2) is 64.1 Å². The number of hydrogen-bond acceptors (Lipinski definition) is 6. The van der Waals surface area contributed by atoms with Crippen molar-refractivity contribution in [1.29, 1.82) is 0 Å². The van der Waals surface area contributed by atoms with Crippen molar-refractivity contribution in [2.24, 2.45) is 0 Å². The van der Waals surface area contributed by atoms with Crippen molar-refractivity contribution in [3.63, 3.8) is 0 Å². The number of esters is 1. The first kappa shape index (κ1) is 22.8. The second kappa shape index (κ2) is 9.27. The fourth-order valence-electron chi connectivity index (χ4n) is 4.17. The maximum absolute atomic E-state index is 12.9. The molecule has 2 saturated heterocycles. The zero-order valence-electron chi connectivity index (χ0n) is 18.8. The molecular formula is C24H25N3O5S. The number of methoxy groups -OCH3 is 1. The number of thioether (sulfide) groups is 1. The summed E-state index contributed by atoms with van der Waals surface area (Å²) in [5.74, 6) is -1.03. The highest BCUT2D eigenvalue weighted by molar-refractivity contribution is 8.18. The maximum atomic E-state index is 12.9. The summed E-state index contributed by atoms with van der Waals surface area (Å²) in [4.78, 5) is 52.5. The Kier molecular flexibility index (Phi) is 6.42. The van der Waals surface area contributed by atoms with Gasteiger partial charge >= 0.3 is 5.97 Å². The standard InChI is InChI=1S/C24H25N3O5S/c1-15-12-18(16(2)27(15)19-8-6-17(7-9-19)23(30)32-3)13-20-22(29)26(24(31)33-20)14-21(28)25-10-4-5-11-25/h6-9,12-13H,4-5,10-11,14H2,1-3H3/b20-13+. The van der Waals surface area contributed by atoms with Gasteiger partial charge in [-0.2, -0.15) is 0 Å². The second-order valence-electron chi connectivity index (χ2n) is 8.06. The first-order chi connectivity index (χ1) is 15.8. The second-order valence-corrected chi connectivity index (χ2v) is 9.05. The molecule has 3 heterocycles. The monoisotopic (exact) mass is 467 g/mol. The number of likely N-dealkylation sites (tertiary alicyclic amines) is 1. The van der Waals surface area contributed by atoms with E-state index in [4.69, 9.17) is 4.74 Å². The van der Waals surface area contributed by atoms with E-state index in [1.807, 2.05) is 36.6 Å². The van der Waals surface area contributed by atoms with E-state index in [1.54, 1.807) is 23.1 Å². The average Bonchev–Trinajstić information content (AvgIpc) is 3.50. The van der Waals surface area contributed by atoms with Crippen molar-refractivity contribution >= 4 is 40.9 Å². The Morgan fingerprint density at radius 1 is 1.09 bits per heavy atom. The first-order valence-electron chi connectivity index (χ1n) is 10.7. The molecular weight excluding hydrogens is 442 g/mol.